The van der Waals surface area contributed by atoms with Crippen molar-refractivity contribution in [1.29, 1.82) is 0 Å². The zero-order valence-corrected chi connectivity index (χ0v) is 24.0. The zero-order valence-electron chi connectivity index (χ0n) is 24.0. The molecule has 2 N–H and O–H groups in total. The highest BCUT2D eigenvalue weighted by Crippen LogP contribution is 2.19. The molecule has 1 aromatic rings. The normalized spacial score (nSPS) is 16.6. The van der Waals surface area contributed by atoms with Crippen LogP contribution in [0.15, 0.2) is 30.3 Å². The van der Waals surface area contributed by atoms with Crippen molar-refractivity contribution in [2.24, 2.45) is 0 Å². The van der Waals surface area contributed by atoms with Gasteiger partial charge in [-0.05, 0) is 52.7 Å². The molecule has 0 aliphatic rings. The smallest absolute Gasteiger partial charge is 0.127 e. The third-order valence-corrected chi connectivity index (χ3v) is 6.21. The predicted molar refractivity (Wildman–Crippen MR) is 148 cm³/mol. The summed E-state index contributed by atoms with van der Waals surface area (Å²) >= 11 is 0. The van der Waals surface area contributed by atoms with E-state index in [4.69, 9.17) is 28.8 Å². The monoisotopic (exact) mass is 526 g/mol. The van der Waals surface area contributed by atoms with Gasteiger partial charge in [0, 0.05) is 0 Å². The molecular formula is C30H54O7. The fourth-order valence-corrected chi connectivity index (χ4v) is 3.77. The van der Waals surface area contributed by atoms with Crippen molar-refractivity contribution >= 4 is 0 Å². The summed E-state index contributed by atoms with van der Waals surface area (Å²) in [7, 11) is 0. The second kappa shape index (κ2) is 21.7. The number of hydrogen-bond donors (Lipinski definition) is 2. The molecule has 7 heteroatoms. The average molecular weight is 527 g/mol. The van der Waals surface area contributed by atoms with Crippen LogP contribution in [0.5, 0.6) is 5.75 Å². The summed E-state index contributed by atoms with van der Waals surface area (Å²) in [6, 6.07) is 9.68. The highest BCUT2D eigenvalue weighted by atomic mass is 16.6. The molecule has 6 atom stereocenters. The van der Waals surface area contributed by atoms with Gasteiger partial charge in [0.25, 0.3) is 0 Å². The van der Waals surface area contributed by atoms with Crippen LogP contribution in [0.4, 0.5) is 0 Å². The van der Waals surface area contributed by atoms with Crippen LogP contribution in [0.2, 0.25) is 0 Å². The van der Waals surface area contributed by atoms with E-state index in [-0.39, 0.29) is 43.7 Å². The Bertz CT molecular complexity index is 630. The van der Waals surface area contributed by atoms with Crippen molar-refractivity contribution in [3.8, 4) is 5.75 Å². The van der Waals surface area contributed by atoms with Gasteiger partial charge in [0.05, 0.1) is 57.5 Å². The predicted octanol–water partition coefficient (Wildman–Crippen LogP) is 5.55. The molecule has 0 aliphatic carbocycles. The summed E-state index contributed by atoms with van der Waals surface area (Å²) in [5.41, 5.74) is 0. The van der Waals surface area contributed by atoms with Crippen LogP contribution in [-0.4, -0.2) is 79.9 Å². The van der Waals surface area contributed by atoms with Crippen LogP contribution in [-0.2, 0) is 18.9 Å². The van der Waals surface area contributed by atoms with Crippen LogP contribution in [0, 0.1) is 0 Å². The molecule has 1 rings (SSSR count). The first-order chi connectivity index (χ1) is 17.8. The van der Waals surface area contributed by atoms with Crippen molar-refractivity contribution in [3.05, 3.63) is 30.3 Å². The SMILES string of the molecule is CCCCCCCCCC(Oc1ccccc1)C(O)COC(C)COC(C)COC(C)COC(C)CO. The first-order valence-electron chi connectivity index (χ1n) is 14.3. The highest BCUT2D eigenvalue weighted by molar-refractivity contribution is 5.21. The molecule has 0 radical (unpaired) electrons. The summed E-state index contributed by atoms with van der Waals surface area (Å²) < 4.78 is 29.2. The van der Waals surface area contributed by atoms with Crippen molar-refractivity contribution in [3.63, 3.8) is 0 Å². The summed E-state index contributed by atoms with van der Waals surface area (Å²) in [6.45, 7) is 11.4. The first kappa shape index (κ1) is 33.8. The minimum Gasteiger partial charge on any atom is -0.488 e. The Morgan fingerprint density at radius 2 is 1.14 bits per heavy atom. The van der Waals surface area contributed by atoms with Gasteiger partial charge >= 0.3 is 0 Å². The van der Waals surface area contributed by atoms with E-state index in [1.54, 1.807) is 0 Å². The van der Waals surface area contributed by atoms with Crippen molar-refractivity contribution in [2.45, 2.75) is 123 Å². The molecule has 37 heavy (non-hydrogen) atoms. The topological polar surface area (TPSA) is 86.6 Å². The van der Waals surface area contributed by atoms with Gasteiger partial charge in [0.15, 0.2) is 0 Å². The standard InChI is InChI=1S/C30H54O7/c1-6-7-8-9-10-11-15-18-30(37-28-16-13-12-14-17-28)29(32)23-36-27(5)22-35-26(4)21-34-25(3)20-33-24(2)19-31/h12-14,16-17,24-27,29-32H,6-11,15,18-23H2,1-5H3. The molecule has 1 aromatic carbocycles. The maximum atomic E-state index is 10.9. The second-order valence-electron chi connectivity index (χ2n) is 10.2. The molecule has 7 nitrogen and oxygen atoms in total. The highest BCUT2D eigenvalue weighted by Gasteiger charge is 2.22. The van der Waals surface area contributed by atoms with E-state index in [0.29, 0.717) is 19.8 Å². The van der Waals surface area contributed by atoms with Gasteiger partial charge < -0.3 is 33.9 Å². The number of hydrogen-bond acceptors (Lipinski definition) is 7. The molecule has 0 aromatic heterocycles. The Morgan fingerprint density at radius 1 is 0.649 bits per heavy atom. The van der Waals surface area contributed by atoms with Crippen LogP contribution >= 0.6 is 0 Å². The number of unbranched alkanes of at least 4 members (excludes halogenated alkanes) is 6. The molecule has 0 spiro atoms. The molecule has 0 aliphatic heterocycles. The summed E-state index contributed by atoms with van der Waals surface area (Å²) in [5.74, 6) is 0.769. The van der Waals surface area contributed by atoms with E-state index in [2.05, 4.69) is 6.92 Å². The van der Waals surface area contributed by atoms with Gasteiger partial charge in [-0.1, -0.05) is 63.6 Å². The molecule has 0 amide bonds. The lowest BCUT2D eigenvalue weighted by Gasteiger charge is -2.26. The second-order valence-corrected chi connectivity index (χ2v) is 10.2. The lowest BCUT2D eigenvalue weighted by molar-refractivity contribution is -0.101. The average Bonchev–Trinajstić information content (AvgIpc) is 2.91. The minimum atomic E-state index is -0.717. The van der Waals surface area contributed by atoms with Crippen LogP contribution < -0.4 is 4.74 Å². The number of benzene rings is 1. The molecule has 0 bridgehead atoms. The quantitative estimate of drug-likeness (QED) is 0.171. The summed E-state index contributed by atoms with van der Waals surface area (Å²) in [4.78, 5) is 0. The van der Waals surface area contributed by atoms with Gasteiger partial charge in [0.2, 0.25) is 0 Å². The summed E-state index contributed by atoms with van der Waals surface area (Å²) in [5, 5.41) is 19.9. The minimum absolute atomic E-state index is 0.00291. The van der Waals surface area contributed by atoms with E-state index in [9.17, 15) is 5.11 Å². The largest absolute Gasteiger partial charge is 0.488 e. The third kappa shape index (κ3) is 17.8. The molecule has 0 heterocycles. The maximum Gasteiger partial charge on any atom is 0.127 e. The molecular weight excluding hydrogens is 472 g/mol. The first-order valence-corrected chi connectivity index (χ1v) is 14.3. The molecule has 216 valence electrons. The van der Waals surface area contributed by atoms with E-state index in [1.807, 2.05) is 58.0 Å². The fraction of sp³-hybridized carbons (Fsp3) is 0.800. The van der Waals surface area contributed by atoms with Crippen LogP contribution in [0.25, 0.3) is 0 Å². The Labute approximate surface area is 225 Å². The van der Waals surface area contributed by atoms with Gasteiger partial charge in [-0.15, -0.1) is 0 Å². The van der Waals surface area contributed by atoms with Crippen LogP contribution in [0.1, 0.15) is 86.0 Å². The van der Waals surface area contributed by atoms with Crippen molar-refractivity contribution < 1.29 is 33.9 Å². The lowest BCUT2D eigenvalue weighted by Crippen LogP contribution is -2.37. The number of ether oxygens (including phenoxy) is 5. The van der Waals surface area contributed by atoms with Gasteiger partial charge in [-0.2, -0.15) is 0 Å². The van der Waals surface area contributed by atoms with Crippen molar-refractivity contribution in [2.75, 3.05) is 33.0 Å². The number of aliphatic hydroxyl groups excluding tert-OH is 2. The van der Waals surface area contributed by atoms with Gasteiger partial charge in [-0.3, -0.25) is 0 Å². The van der Waals surface area contributed by atoms with Gasteiger partial charge in [0.1, 0.15) is 18.0 Å². The Kier molecular flexibility index (Phi) is 19.8. The zero-order chi connectivity index (χ0) is 27.3. The Balaban J connectivity index is 2.35. The van der Waals surface area contributed by atoms with Crippen molar-refractivity contribution in [1.82, 2.24) is 0 Å². The van der Waals surface area contributed by atoms with E-state index >= 15 is 0 Å². The Morgan fingerprint density at radius 3 is 1.68 bits per heavy atom. The van der Waals surface area contributed by atoms with E-state index < -0.39 is 6.10 Å². The number of rotatable bonds is 24. The maximum absolute atomic E-state index is 10.9. The van der Waals surface area contributed by atoms with E-state index in [1.165, 1.54) is 32.1 Å². The third-order valence-electron chi connectivity index (χ3n) is 6.21. The van der Waals surface area contributed by atoms with E-state index in [0.717, 1.165) is 25.0 Å². The molecule has 0 fully saturated rings. The van der Waals surface area contributed by atoms with Crippen LogP contribution in [0.3, 0.4) is 0 Å². The molecule has 0 saturated heterocycles. The fourth-order valence-electron chi connectivity index (χ4n) is 3.77. The Hall–Kier alpha value is -1.22. The van der Waals surface area contributed by atoms with Gasteiger partial charge in [-0.25, -0.2) is 0 Å². The summed E-state index contributed by atoms with van der Waals surface area (Å²) in [6.07, 6.45) is 7.79. The lowest BCUT2D eigenvalue weighted by atomic mass is 10.0. The molecule has 6 unspecified atom stereocenters. The number of aliphatic hydroxyl groups is 2. The number of para-hydroxylation sites is 1. The molecule has 0 saturated carbocycles.